The fourth-order valence-corrected chi connectivity index (χ4v) is 3.64. The first-order valence-corrected chi connectivity index (χ1v) is 8.28. The summed E-state index contributed by atoms with van der Waals surface area (Å²) >= 11 is 1.29. The second-order valence-corrected chi connectivity index (χ2v) is 6.33. The van der Waals surface area contributed by atoms with E-state index in [-0.39, 0.29) is 18.1 Å². The molecule has 1 aliphatic rings. The smallest absolute Gasteiger partial charge is 0.358 e. The molecule has 2 rings (SSSR count). The zero-order chi connectivity index (χ0) is 15.4. The van der Waals surface area contributed by atoms with E-state index in [0.29, 0.717) is 10.9 Å². The van der Waals surface area contributed by atoms with E-state index in [1.54, 1.807) is 6.92 Å². The van der Waals surface area contributed by atoms with Crippen molar-refractivity contribution in [2.75, 3.05) is 18.6 Å². The van der Waals surface area contributed by atoms with Gasteiger partial charge in [0.1, 0.15) is 4.88 Å². The second kappa shape index (κ2) is 7.02. The number of aromatic nitrogens is 1. The van der Waals surface area contributed by atoms with Crippen molar-refractivity contribution in [2.45, 2.75) is 52.0 Å². The lowest BCUT2D eigenvalue weighted by atomic mass is 9.95. The third-order valence-corrected chi connectivity index (χ3v) is 5.08. The van der Waals surface area contributed by atoms with Crippen molar-refractivity contribution in [1.29, 1.82) is 0 Å². The van der Waals surface area contributed by atoms with Crippen LogP contribution in [0.15, 0.2) is 0 Å². The number of carbonyl (C=O) groups excluding carboxylic acids is 2. The number of nitrogens with zero attached hydrogens (tertiary/aromatic N) is 2. The number of hydrogen-bond acceptors (Lipinski definition) is 6. The number of hydrogen-bond donors (Lipinski definition) is 0. The standard InChI is InChI=1S/C15H22N2O3S/c1-4-20-14(19)12-13(10(2)18)21-15(16-12)17(3)11-8-6-5-7-9-11/h11H,4-9H2,1-3H3. The highest BCUT2D eigenvalue weighted by Gasteiger charge is 2.26. The molecule has 21 heavy (non-hydrogen) atoms. The zero-order valence-corrected chi connectivity index (χ0v) is 13.7. The SMILES string of the molecule is CCOC(=O)c1nc(N(C)C2CCCCC2)sc1C(C)=O. The quantitative estimate of drug-likeness (QED) is 0.617. The molecule has 0 atom stereocenters. The van der Waals surface area contributed by atoms with Crippen molar-refractivity contribution in [2.24, 2.45) is 0 Å². The molecular weight excluding hydrogens is 288 g/mol. The Morgan fingerprint density at radius 1 is 1.33 bits per heavy atom. The highest BCUT2D eigenvalue weighted by molar-refractivity contribution is 7.17. The van der Waals surface area contributed by atoms with Gasteiger partial charge in [0.2, 0.25) is 0 Å². The van der Waals surface area contributed by atoms with Crippen molar-refractivity contribution in [3.05, 3.63) is 10.6 Å². The minimum Gasteiger partial charge on any atom is -0.461 e. The molecule has 0 amide bonds. The van der Waals surface area contributed by atoms with Crippen LogP contribution in [0.1, 0.15) is 66.1 Å². The first-order valence-electron chi connectivity index (χ1n) is 7.46. The van der Waals surface area contributed by atoms with Crippen LogP contribution in [0.25, 0.3) is 0 Å². The summed E-state index contributed by atoms with van der Waals surface area (Å²) in [6.07, 6.45) is 6.02. The van der Waals surface area contributed by atoms with Crippen LogP contribution in [-0.2, 0) is 4.74 Å². The molecule has 1 aromatic heterocycles. The van der Waals surface area contributed by atoms with Crippen LogP contribution in [0.5, 0.6) is 0 Å². The Balaban J connectivity index is 2.25. The van der Waals surface area contributed by atoms with Gasteiger partial charge in [0.05, 0.1) is 6.61 Å². The van der Waals surface area contributed by atoms with Gasteiger partial charge in [-0.2, -0.15) is 0 Å². The summed E-state index contributed by atoms with van der Waals surface area (Å²) in [5.41, 5.74) is 0.159. The summed E-state index contributed by atoms with van der Waals surface area (Å²) in [5, 5.41) is 0.732. The summed E-state index contributed by atoms with van der Waals surface area (Å²) in [4.78, 5) is 30.5. The van der Waals surface area contributed by atoms with E-state index < -0.39 is 5.97 Å². The maximum atomic E-state index is 11.9. The Labute approximate surface area is 129 Å². The number of esters is 1. The van der Waals surface area contributed by atoms with Gasteiger partial charge in [0.25, 0.3) is 0 Å². The molecule has 0 bridgehead atoms. The van der Waals surface area contributed by atoms with Gasteiger partial charge >= 0.3 is 5.97 Å². The number of anilines is 1. The Morgan fingerprint density at radius 3 is 2.57 bits per heavy atom. The van der Waals surface area contributed by atoms with Crippen molar-refractivity contribution in [3.63, 3.8) is 0 Å². The molecule has 0 saturated heterocycles. The maximum absolute atomic E-state index is 11.9. The number of carbonyl (C=O) groups is 2. The van der Waals surface area contributed by atoms with E-state index in [2.05, 4.69) is 9.88 Å². The monoisotopic (exact) mass is 310 g/mol. The van der Waals surface area contributed by atoms with E-state index in [9.17, 15) is 9.59 Å². The summed E-state index contributed by atoms with van der Waals surface area (Å²) in [5.74, 6) is -0.652. The number of thiazole rings is 1. The molecule has 6 heteroatoms. The first-order chi connectivity index (χ1) is 10.0. The molecule has 5 nitrogen and oxygen atoms in total. The number of Topliss-reactive ketones (excluding diaryl/α,β-unsaturated/α-hetero) is 1. The lowest BCUT2D eigenvalue weighted by Gasteiger charge is -2.30. The van der Waals surface area contributed by atoms with E-state index in [1.165, 1.54) is 37.5 Å². The van der Waals surface area contributed by atoms with E-state index >= 15 is 0 Å². The van der Waals surface area contributed by atoms with E-state index in [4.69, 9.17) is 4.74 Å². The van der Waals surface area contributed by atoms with Crippen LogP contribution in [0.4, 0.5) is 5.13 Å². The third-order valence-electron chi connectivity index (χ3n) is 3.83. The van der Waals surface area contributed by atoms with Crippen LogP contribution in [0, 0.1) is 0 Å². The molecular formula is C15H22N2O3S. The van der Waals surface area contributed by atoms with Crippen LogP contribution in [-0.4, -0.2) is 36.4 Å². The molecule has 1 fully saturated rings. The summed E-state index contributed by atoms with van der Waals surface area (Å²) in [6.45, 7) is 3.48. The summed E-state index contributed by atoms with van der Waals surface area (Å²) in [7, 11) is 1.99. The normalized spacial score (nSPS) is 15.8. The van der Waals surface area contributed by atoms with Gasteiger partial charge in [0.15, 0.2) is 16.6 Å². The Kier molecular flexibility index (Phi) is 5.33. The molecule has 1 heterocycles. The Hall–Kier alpha value is -1.43. The van der Waals surface area contributed by atoms with Gasteiger partial charge in [-0.05, 0) is 19.8 Å². The molecule has 116 valence electrons. The average molecular weight is 310 g/mol. The van der Waals surface area contributed by atoms with Gasteiger partial charge in [-0.25, -0.2) is 9.78 Å². The first kappa shape index (κ1) is 15.9. The van der Waals surface area contributed by atoms with Crippen molar-refractivity contribution < 1.29 is 14.3 Å². The fourth-order valence-electron chi connectivity index (χ4n) is 2.66. The van der Waals surface area contributed by atoms with Gasteiger partial charge in [0, 0.05) is 20.0 Å². The van der Waals surface area contributed by atoms with Crippen LogP contribution in [0.2, 0.25) is 0 Å². The highest BCUT2D eigenvalue weighted by Crippen LogP contribution is 2.31. The molecule has 1 aromatic rings. The zero-order valence-electron chi connectivity index (χ0n) is 12.8. The summed E-state index contributed by atoms with van der Waals surface area (Å²) < 4.78 is 4.99. The average Bonchev–Trinajstić information content (AvgIpc) is 2.93. The topological polar surface area (TPSA) is 59.5 Å². The molecule has 0 N–H and O–H groups in total. The minimum atomic E-state index is -0.512. The lowest BCUT2D eigenvalue weighted by molar-refractivity contribution is 0.0517. The van der Waals surface area contributed by atoms with Crippen molar-refractivity contribution in [1.82, 2.24) is 4.98 Å². The number of ether oxygens (including phenoxy) is 1. The molecule has 0 aliphatic heterocycles. The highest BCUT2D eigenvalue weighted by atomic mass is 32.1. The van der Waals surface area contributed by atoms with Gasteiger partial charge in [-0.15, -0.1) is 0 Å². The Bertz CT molecular complexity index is 521. The number of ketones is 1. The van der Waals surface area contributed by atoms with Gasteiger partial charge in [-0.3, -0.25) is 4.79 Å². The maximum Gasteiger partial charge on any atom is 0.358 e. The van der Waals surface area contributed by atoms with Crippen LogP contribution >= 0.6 is 11.3 Å². The predicted molar refractivity (Wildman–Crippen MR) is 83.4 cm³/mol. The van der Waals surface area contributed by atoms with Gasteiger partial charge in [-0.1, -0.05) is 30.6 Å². The fraction of sp³-hybridized carbons (Fsp3) is 0.667. The van der Waals surface area contributed by atoms with E-state index in [1.807, 2.05) is 7.05 Å². The van der Waals surface area contributed by atoms with Crippen LogP contribution in [0.3, 0.4) is 0 Å². The Morgan fingerprint density at radius 2 is 2.00 bits per heavy atom. The largest absolute Gasteiger partial charge is 0.461 e. The van der Waals surface area contributed by atoms with Crippen LogP contribution < -0.4 is 4.90 Å². The number of rotatable bonds is 5. The molecule has 0 aromatic carbocycles. The lowest BCUT2D eigenvalue weighted by Crippen LogP contribution is -2.33. The van der Waals surface area contributed by atoms with E-state index in [0.717, 1.165) is 18.0 Å². The predicted octanol–water partition coefficient (Wildman–Crippen LogP) is 3.29. The molecule has 1 aliphatic carbocycles. The third kappa shape index (κ3) is 3.61. The molecule has 1 saturated carbocycles. The van der Waals surface area contributed by atoms with Crippen molar-refractivity contribution in [3.8, 4) is 0 Å². The van der Waals surface area contributed by atoms with Crippen molar-refractivity contribution >= 4 is 28.2 Å². The minimum absolute atomic E-state index is 0.140. The summed E-state index contributed by atoms with van der Waals surface area (Å²) in [6, 6.07) is 0.444. The van der Waals surface area contributed by atoms with Gasteiger partial charge < -0.3 is 9.64 Å². The molecule has 0 unspecified atom stereocenters. The molecule has 0 radical (unpaired) electrons. The second-order valence-electron chi connectivity index (χ2n) is 5.35. The molecule has 0 spiro atoms.